The molecule has 0 aromatic heterocycles. The molecule has 104 valence electrons. The summed E-state index contributed by atoms with van der Waals surface area (Å²) in [6.45, 7) is 1.30. The van der Waals surface area contributed by atoms with Crippen LogP contribution in [0.15, 0.2) is 22.7 Å². The Bertz CT molecular complexity index is 467. The van der Waals surface area contributed by atoms with E-state index >= 15 is 0 Å². The molecule has 1 rings (SSSR count). The Morgan fingerprint density at radius 1 is 1.42 bits per heavy atom. The van der Waals surface area contributed by atoms with Gasteiger partial charge < -0.3 is 14.8 Å². The van der Waals surface area contributed by atoms with Crippen LogP contribution in [0.3, 0.4) is 0 Å². The van der Waals surface area contributed by atoms with Crippen LogP contribution < -0.4 is 10.1 Å². The maximum absolute atomic E-state index is 13.4. The van der Waals surface area contributed by atoms with Crippen molar-refractivity contribution in [3.8, 4) is 5.75 Å². The summed E-state index contributed by atoms with van der Waals surface area (Å²) in [6.07, 6.45) is 0. The van der Waals surface area contributed by atoms with E-state index in [1.54, 1.807) is 13.0 Å². The van der Waals surface area contributed by atoms with E-state index < -0.39 is 17.7 Å². The average molecular weight is 334 g/mol. The molecule has 0 saturated heterocycles. The average Bonchev–Trinajstić information content (AvgIpc) is 2.35. The molecule has 0 aliphatic rings. The maximum Gasteiger partial charge on any atom is 0.325 e. The van der Waals surface area contributed by atoms with Gasteiger partial charge in [0.25, 0.3) is 5.91 Å². The highest BCUT2D eigenvalue weighted by Gasteiger charge is 2.09. The molecular weight excluding hydrogens is 321 g/mol. The van der Waals surface area contributed by atoms with E-state index in [1.165, 1.54) is 12.1 Å². The number of rotatable bonds is 6. The molecule has 0 fully saturated rings. The molecule has 0 bridgehead atoms. The molecule has 1 aromatic rings. The van der Waals surface area contributed by atoms with E-state index in [0.29, 0.717) is 4.47 Å². The molecule has 0 heterocycles. The van der Waals surface area contributed by atoms with Crippen LogP contribution in [-0.4, -0.2) is 31.6 Å². The SMILES string of the molecule is CCOC(=O)CNC(=O)COc1ccc(Br)cc1F. The van der Waals surface area contributed by atoms with Gasteiger partial charge in [0.15, 0.2) is 18.2 Å². The summed E-state index contributed by atoms with van der Waals surface area (Å²) in [5.41, 5.74) is 0. The summed E-state index contributed by atoms with van der Waals surface area (Å²) in [4.78, 5) is 22.3. The molecule has 0 aliphatic heterocycles. The first-order valence-corrected chi connectivity index (χ1v) is 6.32. The molecule has 1 N–H and O–H groups in total. The lowest BCUT2D eigenvalue weighted by Crippen LogP contribution is -2.34. The Labute approximate surface area is 118 Å². The predicted octanol–water partition coefficient (Wildman–Crippen LogP) is 1.65. The second kappa shape index (κ2) is 7.73. The smallest absolute Gasteiger partial charge is 0.325 e. The normalized spacial score (nSPS) is 9.84. The number of nitrogens with one attached hydrogen (secondary N) is 1. The van der Waals surface area contributed by atoms with E-state index in [2.05, 4.69) is 26.0 Å². The van der Waals surface area contributed by atoms with E-state index in [9.17, 15) is 14.0 Å². The lowest BCUT2D eigenvalue weighted by molar-refractivity contribution is -0.143. The zero-order valence-electron chi connectivity index (χ0n) is 10.2. The zero-order chi connectivity index (χ0) is 14.3. The van der Waals surface area contributed by atoms with Crippen LogP contribution in [-0.2, 0) is 14.3 Å². The minimum Gasteiger partial charge on any atom is -0.481 e. The Hall–Kier alpha value is -1.63. The summed E-state index contributed by atoms with van der Waals surface area (Å²) in [5, 5.41) is 2.30. The zero-order valence-corrected chi connectivity index (χ0v) is 11.8. The molecule has 0 saturated carbocycles. The van der Waals surface area contributed by atoms with Gasteiger partial charge in [-0.2, -0.15) is 0 Å². The molecular formula is C12H13BrFNO4. The molecule has 1 amide bonds. The Morgan fingerprint density at radius 2 is 2.16 bits per heavy atom. The van der Waals surface area contributed by atoms with Gasteiger partial charge in [-0.15, -0.1) is 0 Å². The topological polar surface area (TPSA) is 64.6 Å². The van der Waals surface area contributed by atoms with Crippen molar-refractivity contribution in [2.45, 2.75) is 6.92 Å². The lowest BCUT2D eigenvalue weighted by Gasteiger charge is -2.08. The fourth-order valence-electron chi connectivity index (χ4n) is 1.17. The monoisotopic (exact) mass is 333 g/mol. The number of hydrogen-bond donors (Lipinski definition) is 1. The van der Waals surface area contributed by atoms with Crippen molar-refractivity contribution in [2.24, 2.45) is 0 Å². The first kappa shape index (κ1) is 15.4. The van der Waals surface area contributed by atoms with Crippen molar-refractivity contribution >= 4 is 27.8 Å². The summed E-state index contributed by atoms with van der Waals surface area (Å²) < 4.78 is 23.5. The van der Waals surface area contributed by atoms with Gasteiger partial charge in [-0.05, 0) is 25.1 Å². The van der Waals surface area contributed by atoms with Crippen LogP contribution in [0.1, 0.15) is 6.92 Å². The van der Waals surface area contributed by atoms with E-state index in [1.807, 2.05) is 0 Å². The van der Waals surface area contributed by atoms with Gasteiger partial charge in [0, 0.05) is 4.47 Å². The van der Waals surface area contributed by atoms with Gasteiger partial charge in [-0.3, -0.25) is 9.59 Å². The molecule has 0 spiro atoms. The Morgan fingerprint density at radius 3 is 2.79 bits per heavy atom. The highest BCUT2D eigenvalue weighted by Crippen LogP contribution is 2.21. The molecule has 0 aliphatic carbocycles. The number of esters is 1. The van der Waals surface area contributed by atoms with Gasteiger partial charge in [-0.1, -0.05) is 15.9 Å². The fourth-order valence-corrected chi connectivity index (χ4v) is 1.50. The van der Waals surface area contributed by atoms with Crippen molar-refractivity contribution in [1.82, 2.24) is 5.32 Å². The Kier molecular flexibility index (Phi) is 6.27. The van der Waals surface area contributed by atoms with Gasteiger partial charge in [0.05, 0.1) is 6.61 Å². The van der Waals surface area contributed by atoms with Gasteiger partial charge in [-0.25, -0.2) is 4.39 Å². The van der Waals surface area contributed by atoms with Crippen molar-refractivity contribution < 1.29 is 23.5 Å². The first-order chi connectivity index (χ1) is 9.02. The number of benzene rings is 1. The third-order valence-corrected chi connectivity index (χ3v) is 2.48. The van der Waals surface area contributed by atoms with Crippen molar-refractivity contribution in [3.63, 3.8) is 0 Å². The largest absolute Gasteiger partial charge is 0.481 e. The van der Waals surface area contributed by atoms with Crippen LogP contribution in [0, 0.1) is 5.82 Å². The summed E-state index contributed by atoms with van der Waals surface area (Å²) in [6, 6.07) is 4.22. The third-order valence-electron chi connectivity index (χ3n) is 1.99. The highest BCUT2D eigenvalue weighted by atomic mass is 79.9. The summed E-state index contributed by atoms with van der Waals surface area (Å²) >= 11 is 3.11. The molecule has 7 heteroatoms. The number of hydrogen-bond acceptors (Lipinski definition) is 4. The second-order valence-electron chi connectivity index (χ2n) is 3.45. The minimum absolute atomic E-state index is 0.0329. The van der Waals surface area contributed by atoms with E-state index in [-0.39, 0.29) is 25.5 Å². The first-order valence-electron chi connectivity index (χ1n) is 5.53. The maximum atomic E-state index is 13.4. The second-order valence-corrected chi connectivity index (χ2v) is 4.36. The van der Waals surface area contributed by atoms with Gasteiger partial charge in [0.2, 0.25) is 0 Å². The van der Waals surface area contributed by atoms with E-state index in [0.717, 1.165) is 0 Å². The Balaban J connectivity index is 2.36. The lowest BCUT2D eigenvalue weighted by atomic mass is 10.3. The number of carbonyl (C=O) groups excluding carboxylic acids is 2. The number of carbonyl (C=O) groups is 2. The van der Waals surface area contributed by atoms with Crippen LogP contribution >= 0.6 is 15.9 Å². The summed E-state index contributed by atoms with van der Waals surface area (Å²) in [5.74, 6) is -1.68. The van der Waals surface area contributed by atoms with Crippen LogP contribution in [0.25, 0.3) is 0 Å². The molecule has 0 atom stereocenters. The molecule has 5 nitrogen and oxygen atoms in total. The fraction of sp³-hybridized carbons (Fsp3) is 0.333. The van der Waals surface area contributed by atoms with Crippen molar-refractivity contribution in [3.05, 3.63) is 28.5 Å². The van der Waals surface area contributed by atoms with Crippen LogP contribution in [0.4, 0.5) is 4.39 Å². The summed E-state index contributed by atoms with van der Waals surface area (Å²) in [7, 11) is 0. The molecule has 0 radical (unpaired) electrons. The standard InChI is InChI=1S/C12H13BrFNO4/c1-2-18-12(17)6-15-11(16)7-19-10-4-3-8(13)5-9(10)14/h3-5H,2,6-7H2,1H3,(H,15,16). The molecule has 0 unspecified atom stereocenters. The van der Waals surface area contributed by atoms with Gasteiger partial charge >= 0.3 is 5.97 Å². The molecule has 19 heavy (non-hydrogen) atoms. The van der Waals surface area contributed by atoms with E-state index in [4.69, 9.17) is 4.74 Å². The molecule has 1 aromatic carbocycles. The van der Waals surface area contributed by atoms with Crippen LogP contribution in [0.5, 0.6) is 5.75 Å². The predicted molar refractivity (Wildman–Crippen MR) is 69.2 cm³/mol. The van der Waals surface area contributed by atoms with Crippen molar-refractivity contribution in [2.75, 3.05) is 19.8 Å². The minimum atomic E-state index is -0.576. The quantitative estimate of drug-likeness (QED) is 0.804. The number of amides is 1. The van der Waals surface area contributed by atoms with Crippen molar-refractivity contribution in [1.29, 1.82) is 0 Å². The highest BCUT2D eigenvalue weighted by molar-refractivity contribution is 9.10. The number of halogens is 2. The number of ether oxygens (including phenoxy) is 2. The van der Waals surface area contributed by atoms with Gasteiger partial charge in [0.1, 0.15) is 6.54 Å². The third kappa shape index (κ3) is 5.69. The van der Waals surface area contributed by atoms with Crippen LogP contribution in [0.2, 0.25) is 0 Å².